The average Bonchev–Trinajstić information content (AvgIpc) is 2.47. The molecule has 16 heavy (non-hydrogen) atoms. The molecule has 1 aromatic rings. The molecule has 0 aromatic heterocycles. The Morgan fingerprint density at radius 3 is 2.88 bits per heavy atom. The van der Waals surface area contributed by atoms with Gasteiger partial charge in [0.1, 0.15) is 0 Å². The lowest BCUT2D eigenvalue weighted by Gasteiger charge is -2.18. The Morgan fingerprint density at radius 2 is 2.06 bits per heavy atom. The highest BCUT2D eigenvalue weighted by Gasteiger charge is 2.15. The van der Waals surface area contributed by atoms with Gasteiger partial charge in [-0.15, -0.1) is 0 Å². The summed E-state index contributed by atoms with van der Waals surface area (Å²) in [5.74, 6) is 0. The fraction of sp³-hybridized carbons (Fsp3) is 0.538. The van der Waals surface area contributed by atoms with E-state index in [0.717, 1.165) is 10.7 Å². The highest BCUT2D eigenvalue weighted by atomic mass is 35.5. The van der Waals surface area contributed by atoms with E-state index in [-0.39, 0.29) is 0 Å². The average molecular weight is 239 g/mol. The van der Waals surface area contributed by atoms with Crippen molar-refractivity contribution in [2.45, 2.75) is 25.3 Å². The Kier molecular flexibility index (Phi) is 4.08. The van der Waals surface area contributed by atoms with Crippen molar-refractivity contribution in [1.29, 1.82) is 0 Å². The molecule has 0 aliphatic carbocycles. The number of nitrogens with one attached hydrogen (secondary N) is 1. The van der Waals surface area contributed by atoms with Crippen molar-refractivity contribution in [3.63, 3.8) is 0 Å². The standard InChI is InChI=1S/C13H19ClN2/c1-16-9-4-5-11(8-10-16)15-13-7-3-2-6-12(13)14/h2-3,6-7,11,15H,4-5,8-10H2,1H3. The van der Waals surface area contributed by atoms with E-state index >= 15 is 0 Å². The maximum atomic E-state index is 6.14. The molecule has 0 spiro atoms. The van der Waals surface area contributed by atoms with Gasteiger partial charge in [-0.3, -0.25) is 0 Å². The topological polar surface area (TPSA) is 15.3 Å². The van der Waals surface area contributed by atoms with Gasteiger partial charge < -0.3 is 10.2 Å². The molecule has 1 aliphatic rings. The van der Waals surface area contributed by atoms with Crippen molar-refractivity contribution in [3.05, 3.63) is 29.3 Å². The lowest BCUT2D eigenvalue weighted by atomic mass is 10.1. The molecule has 3 heteroatoms. The van der Waals surface area contributed by atoms with Crippen molar-refractivity contribution < 1.29 is 0 Å². The van der Waals surface area contributed by atoms with Gasteiger partial charge in [-0.1, -0.05) is 23.7 Å². The van der Waals surface area contributed by atoms with Gasteiger partial charge in [0.05, 0.1) is 10.7 Å². The third-order valence-electron chi connectivity index (χ3n) is 3.19. The molecule has 1 N–H and O–H groups in total. The maximum absolute atomic E-state index is 6.14. The van der Waals surface area contributed by atoms with Crippen LogP contribution in [0.5, 0.6) is 0 Å². The monoisotopic (exact) mass is 238 g/mol. The van der Waals surface area contributed by atoms with E-state index in [9.17, 15) is 0 Å². The molecule has 0 amide bonds. The smallest absolute Gasteiger partial charge is 0.0637 e. The van der Waals surface area contributed by atoms with Crippen molar-refractivity contribution in [3.8, 4) is 0 Å². The number of anilines is 1. The first-order chi connectivity index (χ1) is 7.75. The van der Waals surface area contributed by atoms with Crippen LogP contribution >= 0.6 is 11.6 Å². The van der Waals surface area contributed by atoms with Gasteiger partial charge in [0.15, 0.2) is 0 Å². The summed E-state index contributed by atoms with van der Waals surface area (Å²) < 4.78 is 0. The zero-order chi connectivity index (χ0) is 11.4. The number of hydrogen-bond donors (Lipinski definition) is 1. The Hall–Kier alpha value is -0.730. The summed E-state index contributed by atoms with van der Waals surface area (Å²) in [6, 6.07) is 8.54. The van der Waals surface area contributed by atoms with Crippen LogP contribution in [0, 0.1) is 0 Å². The van der Waals surface area contributed by atoms with E-state index < -0.39 is 0 Å². The van der Waals surface area contributed by atoms with Crippen molar-refractivity contribution in [2.24, 2.45) is 0 Å². The van der Waals surface area contributed by atoms with E-state index in [2.05, 4.69) is 23.3 Å². The van der Waals surface area contributed by atoms with E-state index in [1.165, 1.54) is 32.4 Å². The molecule has 1 fully saturated rings. The Morgan fingerprint density at radius 1 is 1.25 bits per heavy atom. The normalized spacial score (nSPS) is 22.8. The Balaban J connectivity index is 1.96. The van der Waals surface area contributed by atoms with Crippen LogP contribution in [0.2, 0.25) is 5.02 Å². The maximum Gasteiger partial charge on any atom is 0.0637 e. The molecule has 0 saturated carbocycles. The van der Waals surface area contributed by atoms with Gasteiger partial charge >= 0.3 is 0 Å². The van der Waals surface area contributed by atoms with Crippen molar-refractivity contribution >= 4 is 17.3 Å². The number of halogens is 1. The lowest BCUT2D eigenvalue weighted by Crippen LogP contribution is -2.23. The Labute approximate surface area is 103 Å². The molecular formula is C13H19ClN2. The van der Waals surface area contributed by atoms with E-state index in [4.69, 9.17) is 11.6 Å². The van der Waals surface area contributed by atoms with Crippen LogP contribution in [0.4, 0.5) is 5.69 Å². The van der Waals surface area contributed by atoms with Crippen LogP contribution < -0.4 is 5.32 Å². The fourth-order valence-electron chi connectivity index (χ4n) is 2.18. The second-order valence-electron chi connectivity index (χ2n) is 4.56. The minimum Gasteiger partial charge on any atom is -0.381 e. The van der Waals surface area contributed by atoms with Crippen LogP contribution in [0.1, 0.15) is 19.3 Å². The first kappa shape index (κ1) is 11.7. The minimum atomic E-state index is 0.560. The third-order valence-corrected chi connectivity index (χ3v) is 3.51. The summed E-state index contributed by atoms with van der Waals surface area (Å²) in [6.45, 7) is 2.38. The number of benzene rings is 1. The zero-order valence-electron chi connectivity index (χ0n) is 9.75. The molecule has 2 nitrogen and oxygen atoms in total. The first-order valence-electron chi connectivity index (χ1n) is 5.95. The van der Waals surface area contributed by atoms with Crippen LogP contribution in [0.3, 0.4) is 0 Å². The van der Waals surface area contributed by atoms with Gasteiger partial charge in [0, 0.05) is 6.04 Å². The van der Waals surface area contributed by atoms with E-state index in [1.54, 1.807) is 0 Å². The minimum absolute atomic E-state index is 0.560. The first-order valence-corrected chi connectivity index (χ1v) is 6.33. The summed E-state index contributed by atoms with van der Waals surface area (Å²) in [7, 11) is 2.19. The van der Waals surface area contributed by atoms with Crippen LogP contribution in [0.15, 0.2) is 24.3 Å². The van der Waals surface area contributed by atoms with Gasteiger partial charge in [-0.05, 0) is 51.5 Å². The SMILES string of the molecule is CN1CCCC(Nc2ccccc2Cl)CC1. The van der Waals surface area contributed by atoms with Gasteiger partial charge in [0.2, 0.25) is 0 Å². The molecule has 1 atom stereocenters. The second-order valence-corrected chi connectivity index (χ2v) is 4.96. The molecule has 1 unspecified atom stereocenters. The van der Waals surface area contributed by atoms with E-state index in [0.29, 0.717) is 6.04 Å². The molecule has 2 rings (SSSR count). The fourth-order valence-corrected chi connectivity index (χ4v) is 2.37. The predicted molar refractivity (Wildman–Crippen MR) is 70.2 cm³/mol. The number of hydrogen-bond acceptors (Lipinski definition) is 2. The third kappa shape index (κ3) is 3.13. The predicted octanol–water partition coefficient (Wildman–Crippen LogP) is 3.24. The number of nitrogens with zero attached hydrogens (tertiary/aromatic N) is 1. The summed E-state index contributed by atoms with van der Waals surface area (Å²) >= 11 is 6.14. The molecule has 1 aliphatic heterocycles. The van der Waals surface area contributed by atoms with E-state index in [1.807, 2.05) is 18.2 Å². The summed E-state index contributed by atoms with van der Waals surface area (Å²) in [4.78, 5) is 2.40. The molecule has 88 valence electrons. The summed E-state index contributed by atoms with van der Waals surface area (Å²) in [5.41, 5.74) is 1.07. The highest BCUT2D eigenvalue weighted by molar-refractivity contribution is 6.33. The Bertz CT molecular complexity index is 340. The molecule has 1 heterocycles. The second kappa shape index (κ2) is 5.55. The van der Waals surface area contributed by atoms with Crippen LogP contribution in [-0.2, 0) is 0 Å². The lowest BCUT2D eigenvalue weighted by molar-refractivity contribution is 0.348. The largest absolute Gasteiger partial charge is 0.381 e. The van der Waals surface area contributed by atoms with Gasteiger partial charge in [-0.25, -0.2) is 0 Å². The number of para-hydroxylation sites is 1. The molecule has 1 saturated heterocycles. The molecular weight excluding hydrogens is 220 g/mol. The van der Waals surface area contributed by atoms with Crippen LogP contribution in [-0.4, -0.2) is 31.1 Å². The van der Waals surface area contributed by atoms with Gasteiger partial charge in [0.25, 0.3) is 0 Å². The van der Waals surface area contributed by atoms with Crippen molar-refractivity contribution in [2.75, 3.05) is 25.5 Å². The summed E-state index contributed by atoms with van der Waals surface area (Å²) in [6.07, 6.45) is 3.69. The molecule has 1 aromatic carbocycles. The molecule has 0 radical (unpaired) electrons. The summed E-state index contributed by atoms with van der Waals surface area (Å²) in [5, 5.41) is 4.37. The van der Waals surface area contributed by atoms with Crippen LogP contribution in [0.25, 0.3) is 0 Å². The quantitative estimate of drug-likeness (QED) is 0.851. The van der Waals surface area contributed by atoms with Gasteiger partial charge in [-0.2, -0.15) is 0 Å². The zero-order valence-corrected chi connectivity index (χ0v) is 10.5. The number of likely N-dealkylation sites (tertiary alicyclic amines) is 1. The van der Waals surface area contributed by atoms with Crippen molar-refractivity contribution in [1.82, 2.24) is 4.90 Å². The highest BCUT2D eigenvalue weighted by Crippen LogP contribution is 2.23. The molecule has 0 bridgehead atoms. The number of rotatable bonds is 2.